The monoisotopic (exact) mass is 328 g/mol. The van der Waals surface area contributed by atoms with E-state index in [9.17, 15) is 9.59 Å². The van der Waals surface area contributed by atoms with Crippen molar-refractivity contribution >= 4 is 28.5 Å². The number of para-hydroxylation sites is 1. The third-order valence-corrected chi connectivity index (χ3v) is 3.78. The van der Waals surface area contributed by atoms with Crippen molar-refractivity contribution in [2.24, 2.45) is 0 Å². The average Bonchev–Trinajstić information content (AvgIpc) is 2.55. The maximum Gasteiger partial charge on any atom is 0.351 e. The second kappa shape index (κ2) is 6.26. The highest BCUT2D eigenvalue weighted by atomic mass is 35.5. The average molecular weight is 329 g/mol. The van der Waals surface area contributed by atoms with Gasteiger partial charge in [0.05, 0.1) is 0 Å². The molecule has 0 aliphatic heterocycles. The standard InChI is InChI=1S/C18H13ClO4/c1-11-4-2-3-5-15(11)22-17(20)14-9-13-8-12(10-19)6-7-16(13)23-18(14)21/h2-9H,10H2,1H3. The molecule has 0 fully saturated rings. The van der Waals surface area contributed by atoms with E-state index in [4.69, 9.17) is 20.8 Å². The number of benzene rings is 2. The van der Waals surface area contributed by atoms with Crippen LogP contribution in [0.15, 0.2) is 57.7 Å². The summed E-state index contributed by atoms with van der Waals surface area (Å²) in [5.41, 5.74) is 1.19. The first-order chi connectivity index (χ1) is 11.1. The summed E-state index contributed by atoms with van der Waals surface area (Å²) >= 11 is 5.80. The molecule has 4 nitrogen and oxygen atoms in total. The molecule has 0 saturated heterocycles. The summed E-state index contributed by atoms with van der Waals surface area (Å²) in [6.07, 6.45) is 0. The largest absolute Gasteiger partial charge is 0.422 e. The number of rotatable bonds is 3. The maximum atomic E-state index is 12.3. The van der Waals surface area contributed by atoms with E-state index in [-0.39, 0.29) is 5.56 Å². The van der Waals surface area contributed by atoms with Crippen molar-refractivity contribution in [3.63, 3.8) is 0 Å². The number of halogens is 1. The van der Waals surface area contributed by atoms with Crippen LogP contribution in [0.5, 0.6) is 5.75 Å². The van der Waals surface area contributed by atoms with E-state index in [2.05, 4.69) is 0 Å². The van der Waals surface area contributed by atoms with Crippen LogP contribution in [0.4, 0.5) is 0 Å². The minimum atomic E-state index is -0.744. The fourth-order valence-corrected chi connectivity index (χ4v) is 2.39. The van der Waals surface area contributed by atoms with Crippen LogP contribution in [0.2, 0.25) is 0 Å². The van der Waals surface area contributed by atoms with Gasteiger partial charge in [0.25, 0.3) is 0 Å². The maximum absolute atomic E-state index is 12.3. The van der Waals surface area contributed by atoms with Gasteiger partial charge in [0, 0.05) is 11.3 Å². The summed E-state index contributed by atoms with van der Waals surface area (Å²) in [5, 5.41) is 0.625. The molecule has 5 heteroatoms. The quantitative estimate of drug-likeness (QED) is 0.315. The van der Waals surface area contributed by atoms with Crippen molar-refractivity contribution in [1.82, 2.24) is 0 Å². The predicted molar refractivity (Wildman–Crippen MR) is 88.2 cm³/mol. The molecule has 3 aromatic rings. The first-order valence-electron chi connectivity index (χ1n) is 6.99. The van der Waals surface area contributed by atoms with Crippen LogP contribution in [0.3, 0.4) is 0 Å². The van der Waals surface area contributed by atoms with Crippen molar-refractivity contribution < 1.29 is 13.9 Å². The van der Waals surface area contributed by atoms with Gasteiger partial charge in [0.1, 0.15) is 16.9 Å². The highest BCUT2D eigenvalue weighted by Gasteiger charge is 2.17. The normalized spacial score (nSPS) is 10.7. The van der Waals surface area contributed by atoms with E-state index in [1.165, 1.54) is 6.07 Å². The van der Waals surface area contributed by atoms with Gasteiger partial charge in [-0.15, -0.1) is 11.6 Å². The molecule has 0 spiro atoms. The Labute approximate surface area is 137 Å². The van der Waals surface area contributed by atoms with Crippen LogP contribution in [-0.2, 0) is 5.88 Å². The van der Waals surface area contributed by atoms with Crippen molar-refractivity contribution in [1.29, 1.82) is 0 Å². The number of fused-ring (bicyclic) bond motifs is 1. The Morgan fingerprint density at radius 1 is 1.17 bits per heavy atom. The molecule has 0 saturated carbocycles. The van der Waals surface area contributed by atoms with E-state index in [0.717, 1.165) is 11.1 Å². The van der Waals surface area contributed by atoms with Crippen LogP contribution >= 0.6 is 11.6 Å². The lowest BCUT2D eigenvalue weighted by molar-refractivity contribution is 0.0729. The highest BCUT2D eigenvalue weighted by molar-refractivity contribution is 6.17. The summed E-state index contributed by atoms with van der Waals surface area (Å²) in [6, 6.07) is 13.7. The van der Waals surface area contributed by atoms with Gasteiger partial charge in [-0.1, -0.05) is 24.3 Å². The Hall–Kier alpha value is -2.59. The fourth-order valence-electron chi connectivity index (χ4n) is 2.22. The van der Waals surface area contributed by atoms with Gasteiger partial charge >= 0.3 is 11.6 Å². The molecular weight excluding hydrogens is 316 g/mol. The zero-order valence-corrected chi connectivity index (χ0v) is 13.1. The minimum absolute atomic E-state index is 0.146. The lowest BCUT2D eigenvalue weighted by atomic mass is 10.1. The molecule has 0 bridgehead atoms. The molecule has 2 aromatic carbocycles. The van der Waals surface area contributed by atoms with Crippen molar-refractivity contribution in [2.75, 3.05) is 0 Å². The van der Waals surface area contributed by atoms with Gasteiger partial charge in [-0.25, -0.2) is 9.59 Å². The van der Waals surface area contributed by atoms with Crippen LogP contribution in [0.1, 0.15) is 21.5 Å². The molecule has 3 rings (SSSR count). The molecule has 0 unspecified atom stereocenters. The van der Waals surface area contributed by atoms with E-state index >= 15 is 0 Å². The third-order valence-electron chi connectivity index (χ3n) is 3.47. The second-order valence-corrected chi connectivity index (χ2v) is 5.38. The summed E-state index contributed by atoms with van der Waals surface area (Å²) in [6.45, 7) is 1.82. The zero-order chi connectivity index (χ0) is 16.4. The Morgan fingerprint density at radius 3 is 2.70 bits per heavy atom. The Bertz CT molecular complexity index is 943. The summed E-state index contributed by atoms with van der Waals surface area (Å²) in [4.78, 5) is 24.3. The molecule has 0 radical (unpaired) electrons. The lowest BCUT2D eigenvalue weighted by Gasteiger charge is -2.07. The first-order valence-corrected chi connectivity index (χ1v) is 7.52. The predicted octanol–water partition coefficient (Wildman–Crippen LogP) is 4.06. The van der Waals surface area contributed by atoms with Crippen LogP contribution < -0.4 is 10.4 Å². The number of carbonyl (C=O) groups excluding carboxylic acids is 1. The van der Waals surface area contributed by atoms with Gasteiger partial charge in [-0.2, -0.15) is 0 Å². The van der Waals surface area contributed by atoms with Gasteiger partial charge in [-0.05, 0) is 42.3 Å². The molecule has 0 aliphatic carbocycles. The molecule has 1 heterocycles. The highest BCUT2D eigenvalue weighted by Crippen LogP contribution is 2.20. The minimum Gasteiger partial charge on any atom is -0.422 e. The molecule has 23 heavy (non-hydrogen) atoms. The zero-order valence-electron chi connectivity index (χ0n) is 12.3. The number of aryl methyl sites for hydroxylation is 1. The SMILES string of the molecule is Cc1ccccc1OC(=O)c1cc2cc(CCl)ccc2oc1=O. The Kier molecular flexibility index (Phi) is 4.17. The van der Waals surface area contributed by atoms with Crippen molar-refractivity contribution in [3.8, 4) is 5.75 Å². The second-order valence-electron chi connectivity index (χ2n) is 5.11. The van der Waals surface area contributed by atoms with Gasteiger partial charge < -0.3 is 9.15 Å². The number of esters is 1. The van der Waals surface area contributed by atoms with Crippen LogP contribution in [0.25, 0.3) is 11.0 Å². The molecular formula is C18H13ClO4. The smallest absolute Gasteiger partial charge is 0.351 e. The molecule has 0 aliphatic rings. The summed E-state index contributed by atoms with van der Waals surface area (Å²) < 4.78 is 10.5. The lowest BCUT2D eigenvalue weighted by Crippen LogP contribution is -2.19. The van der Waals surface area contributed by atoms with E-state index in [0.29, 0.717) is 22.6 Å². The number of hydrogen-bond donors (Lipinski definition) is 0. The number of hydrogen-bond acceptors (Lipinski definition) is 4. The molecule has 0 atom stereocenters. The summed E-state index contributed by atoms with van der Waals surface area (Å²) in [5.74, 6) is -0.00403. The Balaban J connectivity index is 2.01. The molecule has 1 aromatic heterocycles. The molecule has 0 amide bonds. The topological polar surface area (TPSA) is 56.5 Å². The van der Waals surface area contributed by atoms with Crippen LogP contribution in [0, 0.1) is 6.92 Å². The number of alkyl halides is 1. The van der Waals surface area contributed by atoms with Crippen LogP contribution in [-0.4, -0.2) is 5.97 Å². The number of ether oxygens (including phenoxy) is 1. The Morgan fingerprint density at radius 2 is 1.96 bits per heavy atom. The van der Waals surface area contributed by atoms with Gasteiger partial charge in [0.15, 0.2) is 0 Å². The van der Waals surface area contributed by atoms with Crippen molar-refractivity contribution in [3.05, 3.63) is 75.6 Å². The fraction of sp³-hybridized carbons (Fsp3) is 0.111. The first kappa shape index (κ1) is 15.3. The van der Waals surface area contributed by atoms with E-state index < -0.39 is 11.6 Å². The number of carbonyl (C=O) groups is 1. The van der Waals surface area contributed by atoms with E-state index in [1.807, 2.05) is 19.1 Å². The third kappa shape index (κ3) is 3.12. The molecule has 0 N–H and O–H groups in total. The van der Waals surface area contributed by atoms with E-state index in [1.54, 1.807) is 30.3 Å². The summed E-state index contributed by atoms with van der Waals surface area (Å²) in [7, 11) is 0. The van der Waals surface area contributed by atoms with Gasteiger partial charge in [-0.3, -0.25) is 0 Å². The van der Waals surface area contributed by atoms with Crippen molar-refractivity contribution in [2.45, 2.75) is 12.8 Å². The van der Waals surface area contributed by atoms with Gasteiger partial charge in [0.2, 0.25) is 0 Å². The molecule has 116 valence electrons.